The van der Waals surface area contributed by atoms with Crippen LogP contribution in [0, 0.1) is 0 Å². The van der Waals surface area contributed by atoms with Crippen LogP contribution < -0.4 is 5.73 Å². The van der Waals surface area contributed by atoms with E-state index < -0.39 is 0 Å². The van der Waals surface area contributed by atoms with Gasteiger partial charge in [0, 0.05) is 18.4 Å². The molecule has 0 saturated heterocycles. The normalized spacial score (nSPS) is 10.2. The molecule has 0 bridgehead atoms. The number of hydrogen-bond acceptors (Lipinski definition) is 3. The first-order chi connectivity index (χ1) is 8.22. The van der Waals surface area contributed by atoms with E-state index in [1.54, 1.807) is 6.07 Å². The maximum absolute atomic E-state index is 11.5. The molecule has 1 aromatic heterocycles. The van der Waals surface area contributed by atoms with Gasteiger partial charge in [0.15, 0.2) is 0 Å². The van der Waals surface area contributed by atoms with Gasteiger partial charge in [-0.1, -0.05) is 18.2 Å². The van der Waals surface area contributed by atoms with Gasteiger partial charge in [-0.3, -0.25) is 0 Å². The highest BCUT2D eigenvalue weighted by atomic mass is 16.5. The Labute approximate surface area is 99.6 Å². The van der Waals surface area contributed by atoms with Gasteiger partial charge in [-0.2, -0.15) is 0 Å². The lowest BCUT2D eigenvalue weighted by atomic mass is 10.2. The number of methoxy groups -OCH3 is 1. The van der Waals surface area contributed by atoms with Gasteiger partial charge in [0.05, 0.1) is 7.11 Å². The van der Waals surface area contributed by atoms with Gasteiger partial charge in [0.1, 0.15) is 5.69 Å². The van der Waals surface area contributed by atoms with Gasteiger partial charge in [0.25, 0.3) is 0 Å². The molecule has 2 aromatic rings. The van der Waals surface area contributed by atoms with Crippen molar-refractivity contribution < 1.29 is 9.53 Å². The molecule has 0 spiro atoms. The number of nitrogens with two attached hydrogens (primary N) is 1. The first-order valence-corrected chi connectivity index (χ1v) is 5.29. The number of ether oxygens (including phenoxy) is 1. The van der Waals surface area contributed by atoms with Crippen LogP contribution in [0.2, 0.25) is 0 Å². The minimum atomic E-state index is -0.343. The van der Waals surface area contributed by atoms with Gasteiger partial charge in [-0.15, -0.1) is 0 Å². The highest BCUT2D eigenvalue weighted by molar-refractivity contribution is 5.87. The van der Waals surface area contributed by atoms with Gasteiger partial charge >= 0.3 is 5.97 Å². The Morgan fingerprint density at radius 3 is 2.76 bits per heavy atom. The summed E-state index contributed by atoms with van der Waals surface area (Å²) in [5.41, 5.74) is 8.09. The van der Waals surface area contributed by atoms with E-state index in [9.17, 15) is 4.79 Å². The van der Waals surface area contributed by atoms with E-state index in [0.29, 0.717) is 12.2 Å². The summed E-state index contributed by atoms with van der Waals surface area (Å²) in [5, 5.41) is 0. The Balaban J connectivity index is 2.28. The van der Waals surface area contributed by atoms with Crippen molar-refractivity contribution in [3.63, 3.8) is 0 Å². The Morgan fingerprint density at radius 1 is 1.29 bits per heavy atom. The molecule has 2 N–H and O–H groups in total. The number of rotatable bonds is 3. The van der Waals surface area contributed by atoms with Crippen molar-refractivity contribution in [1.82, 2.24) is 4.57 Å². The van der Waals surface area contributed by atoms with Crippen LogP contribution in [-0.2, 0) is 11.3 Å². The average molecular weight is 230 g/mol. The largest absolute Gasteiger partial charge is 0.464 e. The lowest BCUT2D eigenvalue weighted by molar-refractivity contribution is 0.0589. The standard InChI is InChI=1S/C13H14N2O2/c1-17-13(16)12-7-4-8-15(12)9-10-5-2-3-6-11(10)14/h2-8H,9,14H2,1H3. The fourth-order valence-corrected chi connectivity index (χ4v) is 1.70. The smallest absolute Gasteiger partial charge is 0.354 e. The van der Waals surface area contributed by atoms with Crippen LogP contribution in [0.15, 0.2) is 42.6 Å². The molecule has 4 heteroatoms. The third kappa shape index (κ3) is 2.30. The van der Waals surface area contributed by atoms with Crippen molar-refractivity contribution >= 4 is 11.7 Å². The number of anilines is 1. The Kier molecular flexibility index (Phi) is 3.14. The molecule has 0 unspecified atom stereocenters. The number of benzene rings is 1. The first kappa shape index (κ1) is 11.3. The molecular weight excluding hydrogens is 216 g/mol. The molecule has 17 heavy (non-hydrogen) atoms. The van der Waals surface area contributed by atoms with Crippen LogP contribution >= 0.6 is 0 Å². The minimum Gasteiger partial charge on any atom is -0.464 e. The van der Waals surface area contributed by atoms with Gasteiger partial charge < -0.3 is 15.0 Å². The number of hydrogen-bond donors (Lipinski definition) is 1. The zero-order valence-electron chi connectivity index (χ0n) is 9.59. The first-order valence-electron chi connectivity index (χ1n) is 5.29. The van der Waals surface area contributed by atoms with Crippen molar-refractivity contribution in [2.45, 2.75) is 6.54 Å². The summed E-state index contributed by atoms with van der Waals surface area (Å²) in [6.45, 7) is 0.560. The lowest BCUT2D eigenvalue weighted by Crippen LogP contribution is -2.11. The van der Waals surface area contributed by atoms with E-state index in [2.05, 4.69) is 0 Å². The maximum Gasteiger partial charge on any atom is 0.354 e. The predicted octanol–water partition coefficient (Wildman–Crippen LogP) is 1.91. The number of nitrogens with zero attached hydrogens (tertiary/aromatic N) is 1. The van der Waals surface area contributed by atoms with Gasteiger partial charge in [-0.25, -0.2) is 4.79 Å². The van der Waals surface area contributed by atoms with Crippen LogP contribution in [0.1, 0.15) is 16.1 Å². The molecule has 88 valence electrons. The zero-order chi connectivity index (χ0) is 12.3. The fraction of sp³-hybridized carbons (Fsp3) is 0.154. The molecule has 1 heterocycles. The highest BCUT2D eigenvalue weighted by Gasteiger charge is 2.11. The van der Waals surface area contributed by atoms with E-state index in [4.69, 9.17) is 10.5 Å². The Bertz CT molecular complexity index is 532. The second-order valence-electron chi connectivity index (χ2n) is 3.71. The summed E-state index contributed by atoms with van der Waals surface area (Å²) in [4.78, 5) is 11.5. The van der Waals surface area contributed by atoms with E-state index in [1.165, 1.54) is 7.11 Å². The van der Waals surface area contributed by atoms with E-state index in [-0.39, 0.29) is 5.97 Å². The molecule has 4 nitrogen and oxygen atoms in total. The molecule has 0 saturated carbocycles. The maximum atomic E-state index is 11.5. The summed E-state index contributed by atoms with van der Waals surface area (Å²) >= 11 is 0. The molecule has 0 atom stereocenters. The van der Waals surface area contributed by atoms with Crippen LogP contribution in [0.4, 0.5) is 5.69 Å². The van der Waals surface area contributed by atoms with Crippen molar-refractivity contribution in [3.8, 4) is 0 Å². The summed E-state index contributed by atoms with van der Waals surface area (Å²) in [6.07, 6.45) is 1.83. The summed E-state index contributed by atoms with van der Waals surface area (Å²) in [6, 6.07) is 11.1. The number of nitrogen functional groups attached to an aromatic ring is 1. The number of carbonyl (C=O) groups excluding carboxylic acids is 1. The molecule has 0 aliphatic carbocycles. The number of carbonyl (C=O) groups is 1. The molecule has 0 aliphatic rings. The Hall–Kier alpha value is -2.23. The molecule has 2 rings (SSSR count). The summed E-state index contributed by atoms with van der Waals surface area (Å²) in [7, 11) is 1.37. The molecule has 0 aliphatic heterocycles. The van der Waals surface area contributed by atoms with Gasteiger partial charge in [0.2, 0.25) is 0 Å². The summed E-state index contributed by atoms with van der Waals surface area (Å²) in [5.74, 6) is -0.343. The fourth-order valence-electron chi connectivity index (χ4n) is 1.70. The van der Waals surface area contributed by atoms with Crippen LogP contribution in [-0.4, -0.2) is 17.6 Å². The molecule has 1 aromatic carbocycles. The van der Waals surface area contributed by atoms with Crippen molar-refractivity contribution in [1.29, 1.82) is 0 Å². The van der Waals surface area contributed by atoms with Crippen molar-refractivity contribution in [2.75, 3.05) is 12.8 Å². The predicted molar refractivity (Wildman–Crippen MR) is 65.7 cm³/mol. The van der Waals surface area contributed by atoms with E-state index in [1.807, 2.05) is 41.1 Å². The second kappa shape index (κ2) is 4.74. The lowest BCUT2D eigenvalue weighted by Gasteiger charge is -2.09. The van der Waals surface area contributed by atoms with Crippen molar-refractivity contribution in [3.05, 3.63) is 53.9 Å². The number of para-hydroxylation sites is 1. The quantitative estimate of drug-likeness (QED) is 0.647. The number of esters is 1. The molecular formula is C13H14N2O2. The highest BCUT2D eigenvalue weighted by Crippen LogP contribution is 2.14. The minimum absolute atomic E-state index is 0.343. The zero-order valence-corrected chi connectivity index (χ0v) is 9.59. The SMILES string of the molecule is COC(=O)c1cccn1Cc1ccccc1N. The third-order valence-electron chi connectivity index (χ3n) is 2.62. The number of aromatic nitrogens is 1. The van der Waals surface area contributed by atoms with Crippen LogP contribution in [0.25, 0.3) is 0 Å². The van der Waals surface area contributed by atoms with Crippen LogP contribution in [0.5, 0.6) is 0 Å². The molecule has 0 fully saturated rings. The topological polar surface area (TPSA) is 57.2 Å². The molecule has 0 radical (unpaired) electrons. The second-order valence-corrected chi connectivity index (χ2v) is 3.71. The van der Waals surface area contributed by atoms with Gasteiger partial charge in [-0.05, 0) is 23.8 Å². The Morgan fingerprint density at radius 2 is 2.06 bits per heavy atom. The van der Waals surface area contributed by atoms with Crippen molar-refractivity contribution in [2.24, 2.45) is 0 Å². The average Bonchev–Trinajstić information content (AvgIpc) is 2.79. The van der Waals surface area contributed by atoms with Crippen LogP contribution in [0.3, 0.4) is 0 Å². The monoisotopic (exact) mass is 230 g/mol. The van der Waals surface area contributed by atoms with E-state index >= 15 is 0 Å². The van der Waals surface area contributed by atoms with E-state index in [0.717, 1.165) is 11.3 Å². The molecule has 0 amide bonds. The third-order valence-corrected chi connectivity index (χ3v) is 2.62. The summed E-state index contributed by atoms with van der Waals surface area (Å²) < 4.78 is 6.53.